The number of hydrogen-bond acceptors (Lipinski definition) is 6. The van der Waals surface area contributed by atoms with Crippen molar-refractivity contribution in [2.45, 2.75) is 46.0 Å². The number of aryl methyl sites for hydroxylation is 1. The second-order valence-electron chi connectivity index (χ2n) is 9.87. The number of methoxy groups -OCH3 is 1. The highest BCUT2D eigenvalue weighted by Gasteiger charge is 2.24. The third-order valence-electron chi connectivity index (χ3n) is 5.86. The van der Waals surface area contributed by atoms with E-state index in [1.54, 1.807) is 47.3 Å². The number of hydrogen-bond donors (Lipinski definition) is 2. The summed E-state index contributed by atoms with van der Waals surface area (Å²) < 4.78 is 26.9. The number of halogens is 1. The second-order valence-corrected chi connectivity index (χ2v) is 9.87. The van der Waals surface area contributed by atoms with Crippen molar-refractivity contribution >= 4 is 29.2 Å². The molecule has 9 nitrogen and oxygen atoms in total. The first-order valence-corrected chi connectivity index (χ1v) is 12.1. The number of carbonyl (C=O) groups is 2. The fraction of sp³-hybridized carbons (Fsp3) is 0.286. The molecule has 0 saturated carbocycles. The Morgan fingerprint density at radius 3 is 2.42 bits per heavy atom. The van der Waals surface area contributed by atoms with Crippen LogP contribution in [0, 0.1) is 12.7 Å². The molecule has 38 heavy (non-hydrogen) atoms. The zero-order chi connectivity index (χ0) is 27.4. The Labute approximate surface area is 220 Å². The molecule has 2 N–H and O–H groups in total. The number of nitrogens with one attached hydrogen (secondary N) is 2. The van der Waals surface area contributed by atoms with Gasteiger partial charge < -0.3 is 14.8 Å². The van der Waals surface area contributed by atoms with Gasteiger partial charge >= 0.3 is 12.0 Å². The van der Waals surface area contributed by atoms with Crippen LogP contribution in [0.1, 0.15) is 45.0 Å². The lowest BCUT2D eigenvalue weighted by Crippen LogP contribution is -2.22. The number of aromatic nitrogens is 3. The molecule has 10 heteroatoms. The van der Waals surface area contributed by atoms with Crippen molar-refractivity contribution in [1.82, 2.24) is 14.8 Å². The number of urea groups is 1. The summed E-state index contributed by atoms with van der Waals surface area (Å²) in [5, 5.41) is 10.0. The van der Waals surface area contributed by atoms with Gasteiger partial charge in [0.1, 0.15) is 23.1 Å². The maximum atomic E-state index is 14.8. The number of rotatable bonds is 6. The Balaban J connectivity index is 1.52. The molecule has 1 aromatic carbocycles. The zero-order valence-corrected chi connectivity index (χ0v) is 22.0. The Morgan fingerprint density at radius 1 is 1.03 bits per heavy atom. The molecular weight excluding hydrogens is 489 g/mol. The van der Waals surface area contributed by atoms with Crippen molar-refractivity contribution in [3.8, 4) is 11.5 Å². The van der Waals surface area contributed by atoms with Crippen LogP contribution in [0.5, 0.6) is 11.5 Å². The molecule has 198 valence electrons. The van der Waals surface area contributed by atoms with Gasteiger partial charge in [0, 0.05) is 46.8 Å². The van der Waals surface area contributed by atoms with Gasteiger partial charge in [-0.15, -0.1) is 0 Å². The molecular formula is C28H30FN5O4. The first-order valence-electron chi connectivity index (χ1n) is 12.1. The van der Waals surface area contributed by atoms with E-state index in [-0.39, 0.29) is 22.8 Å². The fourth-order valence-corrected chi connectivity index (χ4v) is 3.81. The number of nitrogens with zero attached hydrogens (tertiary/aromatic N) is 3. The zero-order valence-electron chi connectivity index (χ0n) is 22.0. The molecule has 4 rings (SSSR count). The average molecular weight is 520 g/mol. The summed E-state index contributed by atoms with van der Waals surface area (Å²) in [6.45, 7) is 7.87. The average Bonchev–Trinajstić information content (AvgIpc) is 3.29. The molecule has 3 aromatic rings. The number of carbonyl (C=O) groups excluding carboxylic acids is 2. The molecule has 0 bridgehead atoms. The van der Waals surface area contributed by atoms with Crippen LogP contribution in [-0.4, -0.2) is 33.9 Å². The van der Waals surface area contributed by atoms with Crippen LogP contribution in [0.2, 0.25) is 0 Å². The standard InChI is InChI=1S/C28H30FN5O4/c1-17-14-21(12-13-30-17)38-20-10-11-23(22(29)15-20)31-27(36)32-25-16-24(28(2,3)4)33-34(25)19-8-6-18(7-9-19)26(35)37-5/h6,8,10-16H,7,9H2,1-5H3,(H2,31,32,36). The van der Waals surface area contributed by atoms with Gasteiger partial charge in [-0.1, -0.05) is 20.8 Å². The van der Waals surface area contributed by atoms with Crippen molar-refractivity contribution in [3.63, 3.8) is 0 Å². The maximum Gasteiger partial charge on any atom is 0.333 e. The molecule has 2 aromatic heterocycles. The fourth-order valence-electron chi connectivity index (χ4n) is 3.81. The van der Waals surface area contributed by atoms with E-state index in [9.17, 15) is 14.0 Å². The smallest absolute Gasteiger partial charge is 0.333 e. The molecule has 0 aliphatic heterocycles. The number of esters is 1. The van der Waals surface area contributed by atoms with Gasteiger partial charge in [0.25, 0.3) is 0 Å². The van der Waals surface area contributed by atoms with Crippen molar-refractivity contribution in [3.05, 3.63) is 77.5 Å². The molecule has 2 heterocycles. The summed E-state index contributed by atoms with van der Waals surface area (Å²) in [5.74, 6) is 0.215. The van der Waals surface area contributed by atoms with Gasteiger partial charge in [0.2, 0.25) is 0 Å². The van der Waals surface area contributed by atoms with E-state index >= 15 is 0 Å². The summed E-state index contributed by atoms with van der Waals surface area (Å²) in [7, 11) is 1.34. The minimum absolute atomic E-state index is 0.00889. The van der Waals surface area contributed by atoms with Gasteiger partial charge in [-0.05, 0) is 50.1 Å². The molecule has 1 aliphatic rings. The molecule has 0 radical (unpaired) electrons. The van der Waals surface area contributed by atoms with Crippen LogP contribution in [0.3, 0.4) is 0 Å². The van der Waals surface area contributed by atoms with Crippen molar-refractivity contribution in [1.29, 1.82) is 0 Å². The predicted octanol–water partition coefficient (Wildman–Crippen LogP) is 6.19. The predicted molar refractivity (Wildman–Crippen MR) is 143 cm³/mol. The minimum Gasteiger partial charge on any atom is -0.466 e. The molecule has 0 unspecified atom stereocenters. The summed E-state index contributed by atoms with van der Waals surface area (Å²) >= 11 is 0. The number of anilines is 2. The van der Waals surface area contributed by atoms with E-state index in [1.807, 2.05) is 27.7 Å². The first-order chi connectivity index (χ1) is 18.0. The van der Waals surface area contributed by atoms with E-state index in [0.717, 1.165) is 17.1 Å². The Morgan fingerprint density at radius 2 is 1.79 bits per heavy atom. The minimum atomic E-state index is -0.650. The number of benzene rings is 1. The van der Waals surface area contributed by atoms with Crippen molar-refractivity contribution in [2.24, 2.45) is 0 Å². The van der Waals surface area contributed by atoms with Gasteiger partial charge in [-0.2, -0.15) is 5.10 Å². The third kappa shape index (κ3) is 6.26. The number of pyridine rings is 1. The van der Waals surface area contributed by atoms with E-state index in [2.05, 4.69) is 15.6 Å². The molecule has 2 amide bonds. The maximum absolute atomic E-state index is 14.8. The second kappa shape index (κ2) is 10.9. The van der Waals surface area contributed by atoms with E-state index in [1.165, 1.54) is 19.2 Å². The van der Waals surface area contributed by atoms with E-state index < -0.39 is 11.8 Å². The van der Waals surface area contributed by atoms with Gasteiger partial charge in [0.05, 0.1) is 18.5 Å². The quantitative estimate of drug-likeness (QED) is 0.376. The highest BCUT2D eigenvalue weighted by atomic mass is 19.1. The summed E-state index contributed by atoms with van der Waals surface area (Å²) in [4.78, 5) is 28.8. The van der Waals surface area contributed by atoms with Crippen LogP contribution < -0.4 is 15.4 Å². The molecule has 0 atom stereocenters. The van der Waals surface area contributed by atoms with Crippen LogP contribution in [-0.2, 0) is 14.9 Å². The SMILES string of the molecule is COC(=O)C1=CC=C(n2nc(C(C)(C)C)cc2NC(=O)Nc2ccc(Oc3ccnc(C)c3)cc2F)CC1. The first kappa shape index (κ1) is 26.6. The van der Waals surface area contributed by atoms with Crippen LogP contribution >= 0.6 is 0 Å². The van der Waals surface area contributed by atoms with E-state index in [0.29, 0.717) is 30.0 Å². The largest absolute Gasteiger partial charge is 0.466 e. The topological polar surface area (TPSA) is 107 Å². The Hall–Kier alpha value is -4.47. The lowest BCUT2D eigenvalue weighted by Gasteiger charge is -2.17. The number of amides is 2. The lowest BCUT2D eigenvalue weighted by atomic mass is 9.92. The molecule has 1 aliphatic carbocycles. The molecule has 0 fully saturated rings. The Kier molecular flexibility index (Phi) is 7.61. The van der Waals surface area contributed by atoms with Gasteiger partial charge in [-0.25, -0.2) is 18.7 Å². The summed E-state index contributed by atoms with van der Waals surface area (Å²) in [5.41, 5.74) is 2.60. The van der Waals surface area contributed by atoms with Crippen LogP contribution in [0.25, 0.3) is 5.70 Å². The normalized spacial score (nSPS) is 13.3. The van der Waals surface area contributed by atoms with Crippen LogP contribution in [0.15, 0.2) is 60.3 Å². The number of allylic oxidation sites excluding steroid dienone is 3. The van der Waals surface area contributed by atoms with Crippen LogP contribution in [0.4, 0.5) is 20.7 Å². The monoisotopic (exact) mass is 519 g/mol. The van der Waals surface area contributed by atoms with Crippen molar-refractivity contribution < 1.29 is 23.5 Å². The third-order valence-corrected chi connectivity index (χ3v) is 5.86. The molecule has 0 spiro atoms. The Bertz CT molecular complexity index is 1440. The van der Waals surface area contributed by atoms with E-state index in [4.69, 9.17) is 14.6 Å². The van der Waals surface area contributed by atoms with Crippen molar-refractivity contribution in [2.75, 3.05) is 17.7 Å². The van der Waals surface area contributed by atoms with Gasteiger partial charge in [-0.3, -0.25) is 10.3 Å². The highest BCUT2D eigenvalue weighted by Crippen LogP contribution is 2.31. The summed E-state index contributed by atoms with van der Waals surface area (Å²) in [6, 6.07) is 8.75. The molecule has 0 saturated heterocycles. The highest BCUT2D eigenvalue weighted by molar-refractivity contribution is 5.99. The van der Waals surface area contributed by atoms with Gasteiger partial charge in [0.15, 0.2) is 0 Å². The lowest BCUT2D eigenvalue weighted by molar-refractivity contribution is -0.136. The summed E-state index contributed by atoms with van der Waals surface area (Å²) in [6.07, 6.45) is 6.08. The number of ether oxygens (including phenoxy) is 2.